The maximum atomic E-state index is 15.0. The third kappa shape index (κ3) is 43.1. The van der Waals surface area contributed by atoms with Gasteiger partial charge in [-0.05, 0) is 146 Å². The lowest BCUT2D eigenvalue weighted by atomic mass is 9.96. The number of nitrogens with one attached hydrogen (secondary N) is 19. The fraction of sp³-hybridized carbons (Fsp3) is 0.646. The van der Waals surface area contributed by atoms with Crippen molar-refractivity contribution in [2.24, 2.45) is 69.2 Å². The molecule has 1 aliphatic heterocycles. The lowest BCUT2D eigenvalue weighted by molar-refractivity contribution is -0.143. The molecule has 1 aromatic rings. The van der Waals surface area contributed by atoms with Gasteiger partial charge in [-0.2, -0.15) is 12.6 Å². The van der Waals surface area contributed by atoms with E-state index in [0.717, 1.165) is 11.8 Å². The number of amides is 18. The van der Waals surface area contributed by atoms with E-state index in [9.17, 15) is 106 Å². The Balaban J connectivity index is 2.62. The number of primary amides is 4. The van der Waals surface area contributed by atoms with Gasteiger partial charge in [-0.15, -0.1) is 0 Å². The van der Waals surface area contributed by atoms with Crippen molar-refractivity contribution in [2.45, 2.75) is 266 Å². The number of rotatable bonds is 64. The molecule has 0 aliphatic carbocycles. The average molecular weight is 1890 g/mol. The van der Waals surface area contributed by atoms with Crippen LogP contribution in [0.2, 0.25) is 0 Å². The summed E-state index contributed by atoms with van der Waals surface area (Å²) in [4.78, 5) is 264. The number of guanidine groups is 3. The Labute approximate surface area is 768 Å². The first-order valence-corrected chi connectivity index (χ1v) is 43.8. The number of likely N-dealkylation sites (tertiary alicyclic amines) is 1. The number of hydrogen-bond donors (Lipinski definition) is 33. The highest BCUT2D eigenvalue weighted by molar-refractivity contribution is 7.80. The number of carboxylic acid groups (broad SMARTS) is 1. The van der Waals surface area contributed by atoms with Crippen LogP contribution in [-0.2, 0) is 97.5 Å². The van der Waals surface area contributed by atoms with Crippen LogP contribution in [0.5, 0.6) is 5.75 Å². The van der Waals surface area contributed by atoms with Gasteiger partial charge in [0.1, 0.15) is 90.3 Å². The Morgan fingerprint density at radius 3 is 1.20 bits per heavy atom. The van der Waals surface area contributed by atoms with Gasteiger partial charge >= 0.3 is 5.97 Å². The number of carboxylic acids is 1. The van der Waals surface area contributed by atoms with Crippen LogP contribution in [0.3, 0.4) is 0 Å². The molecule has 1 saturated heterocycles. The molecule has 17 atom stereocenters. The number of hydrogen-bond acceptors (Lipinski definition) is 28. The number of aromatic hydroxyl groups is 1. The Kier molecular flexibility index (Phi) is 52.3. The van der Waals surface area contributed by atoms with Crippen LogP contribution >= 0.6 is 12.6 Å². The van der Waals surface area contributed by atoms with E-state index in [1.807, 2.05) is 0 Å². The highest BCUT2D eigenvalue weighted by Crippen LogP contribution is 2.22. The Bertz CT molecular complexity index is 4130. The Hall–Kier alpha value is -13.0. The van der Waals surface area contributed by atoms with Crippen molar-refractivity contribution >= 4 is 143 Å². The first kappa shape index (κ1) is 115. The number of aliphatic hydroxyl groups excluding tert-OH is 1. The fourth-order valence-corrected chi connectivity index (χ4v) is 13.6. The number of aliphatic carboxylic acids is 1. The molecule has 1 aromatic carbocycles. The molecule has 42 N–H and O–H groups in total. The van der Waals surface area contributed by atoms with Gasteiger partial charge in [0.05, 0.1) is 31.4 Å². The number of aliphatic hydroxyl groups is 1. The SMILES string of the molecule is CC[C@H](C)[C@H](NC(=O)[C@H](CCC(N)=O)NC(=O)[C@@H](N)C(C)C)C(=O)N[C@@H](CC(N)=O)C(=O)N[C@@H](CS)C(=O)N[C@H](C(=O)N[C@@H](CCCNC(=N)N)C(=O)N1CCC[C@H]1C(=O)N[C@@H](CC(N)=O)C(=O)N[C@@H](Cc1ccc(O)cc1)C(=O)N[C@@H](CC(N)=O)C(=O)N[C@@H](CCCCN)C(=O)N[C@@H](CCCNC(=N)N)C(=O)N[C@@H](CCCCN)C(=O)N[C@@H](CCCNC(=N)N)C(=O)O)[C@@H](C)O. The summed E-state index contributed by atoms with van der Waals surface area (Å²) in [5.74, 6) is -24.4. The van der Waals surface area contributed by atoms with Crippen LogP contribution in [0.15, 0.2) is 24.3 Å². The minimum absolute atomic E-state index is 0.0220. The normalized spacial score (nSPS) is 15.8. The molecule has 52 nitrogen and oxygen atoms in total. The predicted molar refractivity (Wildman–Crippen MR) is 480 cm³/mol. The number of carbonyl (C=O) groups is 19. The van der Waals surface area contributed by atoms with Gasteiger partial charge < -0.3 is 163 Å². The molecule has 0 aromatic heterocycles. The summed E-state index contributed by atoms with van der Waals surface area (Å²) >= 11 is 4.19. The molecule has 0 unspecified atom stereocenters. The minimum atomic E-state index is -2.00. The van der Waals surface area contributed by atoms with Crippen molar-refractivity contribution in [3.05, 3.63) is 29.8 Å². The fourth-order valence-electron chi connectivity index (χ4n) is 13.3. The third-order valence-corrected chi connectivity index (χ3v) is 21.3. The summed E-state index contributed by atoms with van der Waals surface area (Å²) in [5, 5.41) is 93.2. The Morgan fingerprint density at radius 1 is 0.432 bits per heavy atom. The zero-order chi connectivity index (χ0) is 99.8. The molecule has 132 heavy (non-hydrogen) atoms. The average Bonchev–Trinajstić information content (AvgIpc) is 1.65. The first-order chi connectivity index (χ1) is 62.1. The largest absolute Gasteiger partial charge is 0.508 e. The maximum Gasteiger partial charge on any atom is 0.326 e. The van der Waals surface area contributed by atoms with Gasteiger partial charge in [-0.1, -0.05) is 46.2 Å². The second-order valence-corrected chi connectivity index (χ2v) is 32.5. The maximum absolute atomic E-state index is 15.0. The lowest BCUT2D eigenvalue weighted by Gasteiger charge is -2.31. The van der Waals surface area contributed by atoms with Crippen LogP contribution in [0.1, 0.15) is 169 Å². The van der Waals surface area contributed by atoms with E-state index in [4.69, 9.17) is 73.6 Å². The monoisotopic (exact) mass is 1890 g/mol. The quantitative estimate of drug-likeness (QED) is 0.0125. The lowest BCUT2D eigenvalue weighted by Crippen LogP contribution is -2.63. The first-order valence-electron chi connectivity index (χ1n) is 43.2. The molecule has 18 amide bonds. The summed E-state index contributed by atoms with van der Waals surface area (Å²) in [6.45, 7) is 7.56. The number of thiol groups is 1. The van der Waals surface area contributed by atoms with E-state index in [1.54, 1.807) is 27.7 Å². The zero-order valence-electron chi connectivity index (χ0n) is 74.8. The molecule has 0 saturated carbocycles. The number of nitrogens with zero attached hydrogens (tertiary/aromatic N) is 1. The molecular formula is C79H136N30O22S. The zero-order valence-corrected chi connectivity index (χ0v) is 75.7. The van der Waals surface area contributed by atoms with Gasteiger partial charge in [0.25, 0.3) is 0 Å². The summed E-state index contributed by atoms with van der Waals surface area (Å²) < 4.78 is 0. The predicted octanol–water partition coefficient (Wildman–Crippen LogP) is -11.4. The van der Waals surface area contributed by atoms with Gasteiger partial charge in [-0.25, -0.2) is 4.79 Å². The smallest absolute Gasteiger partial charge is 0.326 e. The standard InChI is InChI=1S/C79H136N30O22S/c1-6-39(4)60(107-65(119)46(25-26-55(82)112)99-72(126)59(86)38(2)3)73(127)105-52(36-58(85)115)69(123)106-53(37-132)70(124)108-61(40(5)110)74(128)100-47(18-12-30-94-78(89)90)75(129)109-32-14-20-54(109)71(125)104-51(35-57(84)114)68(122)102-49(33-41-21-23-42(111)24-22-41)66(120)103-50(34-56(83)113)67(121)98-43(15-7-9-27-80)62(116)97-45(17-11-29-93-77(87)88)63(117)96-44(16-8-10-28-81)64(118)101-48(76(130)131)19-13-31-95-79(91)92/h21-24,38-40,43-54,59-61,110-111,132H,6-20,25-37,80-81,86H2,1-5H3,(H2,82,112)(H2,83,113)(H2,84,114)(H2,85,115)(H,96,117)(H,97,116)(H,98,121)(H,99,126)(H,100,128)(H,101,118)(H,102,122)(H,103,120)(H,104,125)(H,105,127)(H,106,123)(H,107,119)(H,108,124)(H,130,131)(H4,87,88,93)(H4,89,90,94)(H4,91,92,95)/t39-,40+,43-,44-,45-,46-,47-,48-,49-,50-,51-,52-,53-,54-,59-,60-,61-/m0/s1. The highest BCUT2D eigenvalue weighted by atomic mass is 32.1. The van der Waals surface area contributed by atoms with Crippen molar-refractivity contribution in [1.29, 1.82) is 16.2 Å². The number of nitrogens with two attached hydrogens (primary N) is 10. The van der Waals surface area contributed by atoms with Crippen LogP contribution in [0.25, 0.3) is 0 Å². The van der Waals surface area contributed by atoms with Crippen LogP contribution in [0.4, 0.5) is 0 Å². The third-order valence-electron chi connectivity index (χ3n) is 20.9. The second-order valence-electron chi connectivity index (χ2n) is 32.2. The molecule has 2 rings (SSSR count). The second kappa shape index (κ2) is 60.0. The van der Waals surface area contributed by atoms with E-state index in [1.165, 1.54) is 24.3 Å². The molecule has 1 fully saturated rings. The summed E-state index contributed by atoms with van der Waals surface area (Å²) in [7, 11) is 0. The summed E-state index contributed by atoms with van der Waals surface area (Å²) in [6.07, 6.45) is -5.66. The highest BCUT2D eigenvalue weighted by Gasteiger charge is 2.43. The number of phenols is 1. The topological polar surface area (TPSA) is 912 Å². The van der Waals surface area contributed by atoms with Crippen molar-refractivity contribution < 1.29 is 106 Å². The van der Waals surface area contributed by atoms with Crippen molar-refractivity contribution in [1.82, 2.24) is 90.0 Å². The van der Waals surface area contributed by atoms with Crippen LogP contribution in [-0.4, -0.2) is 292 Å². The van der Waals surface area contributed by atoms with Gasteiger partial charge in [0.2, 0.25) is 106 Å². The molecular weight excluding hydrogens is 1750 g/mol. The van der Waals surface area contributed by atoms with Crippen molar-refractivity contribution in [3.8, 4) is 5.75 Å². The number of unbranched alkanes of at least 4 members (excludes halogenated alkanes) is 2. The Morgan fingerprint density at radius 2 is 0.780 bits per heavy atom. The molecule has 0 bridgehead atoms. The van der Waals surface area contributed by atoms with E-state index in [-0.39, 0.29) is 165 Å². The summed E-state index contributed by atoms with van der Waals surface area (Å²) in [5.41, 5.74) is 56.3. The molecule has 740 valence electrons. The molecule has 1 heterocycles. The van der Waals surface area contributed by atoms with Crippen LogP contribution in [0, 0.1) is 28.1 Å². The van der Waals surface area contributed by atoms with Crippen molar-refractivity contribution in [2.75, 3.05) is 45.0 Å². The molecule has 53 heteroatoms. The van der Waals surface area contributed by atoms with E-state index < -0.39 is 258 Å². The molecule has 0 radical (unpaired) electrons. The van der Waals surface area contributed by atoms with E-state index in [0.29, 0.717) is 6.42 Å². The minimum Gasteiger partial charge on any atom is -0.508 e. The van der Waals surface area contributed by atoms with Gasteiger partial charge in [-0.3, -0.25) is 103 Å². The number of phenolic OH excluding ortho intramolecular Hbond substituents is 1. The number of benzene rings is 1. The van der Waals surface area contributed by atoms with E-state index in [2.05, 4.69) is 97.7 Å². The molecule has 1 aliphatic rings. The van der Waals surface area contributed by atoms with Crippen LogP contribution < -0.4 is 142 Å². The summed E-state index contributed by atoms with van der Waals surface area (Å²) in [6, 6.07) is -19.7. The van der Waals surface area contributed by atoms with E-state index >= 15 is 0 Å². The van der Waals surface area contributed by atoms with Gasteiger partial charge in [0, 0.05) is 44.8 Å². The van der Waals surface area contributed by atoms with Crippen molar-refractivity contribution in [3.63, 3.8) is 0 Å². The number of carbonyl (C=O) groups excluding carboxylic acids is 18. The van der Waals surface area contributed by atoms with Gasteiger partial charge in [0.15, 0.2) is 17.9 Å². The molecule has 0 spiro atoms.